The van der Waals surface area contributed by atoms with Crippen molar-refractivity contribution in [2.45, 2.75) is 13.5 Å². The molecule has 3 aromatic rings. The number of aldehydes is 1. The van der Waals surface area contributed by atoms with Crippen molar-refractivity contribution in [3.63, 3.8) is 0 Å². The first kappa shape index (κ1) is 16.6. The van der Waals surface area contributed by atoms with Gasteiger partial charge in [0.2, 0.25) is 5.91 Å². The Bertz CT molecular complexity index is 948. The second-order valence-corrected chi connectivity index (χ2v) is 6.24. The van der Waals surface area contributed by atoms with Gasteiger partial charge in [-0.1, -0.05) is 41.4 Å². The minimum atomic E-state index is -0.236. The predicted octanol–water partition coefficient (Wildman–Crippen LogP) is 4.71. The first-order chi connectivity index (χ1) is 11.5. The fraction of sp³-hybridized carbons (Fsp3) is 0.111. The van der Waals surface area contributed by atoms with Gasteiger partial charge in [-0.15, -0.1) is 0 Å². The molecule has 0 saturated heterocycles. The third-order valence-corrected chi connectivity index (χ3v) is 4.45. The highest BCUT2D eigenvalue weighted by atomic mass is 35.5. The molecule has 1 heterocycles. The fourth-order valence-electron chi connectivity index (χ4n) is 2.73. The molecule has 3 rings (SSSR count). The summed E-state index contributed by atoms with van der Waals surface area (Å²) in [6.07, 6.45) is 0.822. The Labute approximate surface area is 149 Å². The van der Waals surface area contributed by atoms with Gasteiger partial charge in [0.25, 0.3) is 0 Å². The fourth-order valence-corrected chi connectivity index (χ4v) is 3.19. The zero-order valence-corrected chi connectivity index (χ0v) is 14.4. The number of amides is 1. The van der Waals surface area contributed by atoms with Crippen molar-refractivity contribution in [2.24, 2.45) is 0 Å². The Balaban J connectivity index is 1.91. The molecule has 1 amide bonds. The summed E-state index contributed by atoms with van der Waals surface area (Å²) < 4.78 is 1.82. The van der Waals surface area contributed by atoms with Crippen LogP contribution in [0.25, 0.3) is 10.9 Å². The van der Waals surface area contributed by atoms with Crippen LogP contribution in [0.3, 0.4) is 0 Å². The molecule has 0 atom stereocenters. The highest BCUT2D eigenvalue weighted by Crippen LogP contribution is 2.27. The Hall–Kier alpha value is -2.30. The van der Waals surface area contributed by atoms with Crippen LogP contribution in [-0.2, 0) is 11.3 Å². The van der Waals surface area contributed by atoms with Crippen molar-refractivity contribution in [3.05, 3.63) is 63.8 Å². The smallest absolute Gasteiger partial charge is 0.244 e. The molecule has 2 aromatic carbocycles. The minimum absolute atomic E-state index is 0.0825. The lowest BCUT2D eigenvalue weighted by molar-refractivity contribution is -0.116. The number of para-hydroxylation sites is 1. The number of anilines is 1. The Kier molecular flexibility index (Phi) is 4.60. The van der Waals surface area contributed by atoms with Gasteiger partial charge in [0, 0.05) is 27.2 Å². The summed E-state index contributed by atoms with van der Waals surface area (Å²) in [5.74, 6) is -0.236. The summed E-state index contributed by atoms with van der Waals surface area (Å²) in [5, 5.41) is 4.48. The van der Waals surface area contributed by atoms with E-state index in [1.54, 1.807) is 18.2 Å². The zero-order chi connectivity index (χ0) is 17.3. The van der Waals surface area contributed by atoms with Gasteiger partial charge >= 0.3 is 0 Å². The number of rotatable bonds is 4. The molecule has 24 heavy (non-hydrogen) atoms. The predicted molar refractivity (Wildman–Crippen MR) is 97.2 cm³/mol. The van der Waals surface area contributed by atoms with Crippen molar-refractivity contribution in [1.29, 1.82) is 0 Å². The van der Waals surface area contributed by atoms with E-state index in [1.807, 2.05) is 35.8 Å². The van der Waals surface area contributed by atoms with Gasteiger partial charge in [0.15, 0.2) is 6.29 Å². The average molecular weight is 361 g/mol. The van der Waals surface area contributed by atoms with Gasteiger partial charge in [-0.05, 0) is 31.2 Å². The highest BCUT2D eigenvalue weighted by Gasteiger charge is 2.15. The maximum Gasteiger partial charge on any atom is 0.244 e. The molecule has 0 aliphatic rings. The van der Waals surface area contributed by atoms with Gasteiger partial charge < -0.3 is 9.88 Å². The van der Waals surface area contributed by atoms with Crippen LogP contribution in [-0.4, -0.2) is 16.8 Å². The number of nitrogens with one attached hydrogen (secondary N) is 1. The van der Waals surface area contributed by atoms with E-state index in [4.69, 9.17) is 23.2 Å². The maximum atomic E-state index is 12.4. The molecule has 6 heteroatoms. The van der Waals surface area contributed by atoms with Crippen LogP contribution in [0.15, 0.2) is 42.5 Å². The van der Waals surface area contributed by atoms with Crippen LogP contribution in [0.2, 0.25) is 10.0 Å². The molecule has 0 aliphatic carbocycles. The SMILES string of the molecule is Cc1c(C=O)c2ccccc2n1CC(=O)Nc1ccc(Cl)cc1Cl. The Morgan fingerprint density at radius 2 is 1.96 bits per heavy atom. The van der Waals surface area contributed by atoms with Crippen molar-refractivity contribution in [1.82, 2.24) is 4.57 Å². The number of carbonyl (C=O) groups is 2. The normalized spacial score (nSPS) is 10.8. The summed E-state index contributed by atoms with van der Waals surface area (Å²) in [7, 11) is 0. The number of carbonyl (C=O) groups excluding carboxylic acids is 2. The summed E-state index contributed by atoms with van der Waals surface area (Å²) in [4.78, 5) is 23.8. The van der Waals surface area contributed by atoms with E-state index in [0.717, 1.165) is 22.9 Å². The lowest BCUT2D eigenvalue weighted by Crippen LogP contribution is -2.19. The van der Waals surface area contributed by atoms with E-state index in [-0.39, 0.29) is 12.5 Å². The second-order valence-electron chi connectivity index (χ2n) is 5.39. The third kappa shape index (κ3) is 3.03. The molecule has 0 bridgehead atoms. The number of hydrogen-bond donors (Lipinski definition) is 1. The number of benzene rings is 2. The van der Waals surface area contributed by atoms with Crippen LogP contribution in [0, 0.1) is 6.92 Å². The molecule has 4 nitrogen and oxygen atoms in total. The first-order valence-corrected chi connectivity index (χ1v) is 8.04. The van der Waals surface area contributed by atoms with E-state index < -0.39 is 0 Å². The molecule has 0 spiro atoms. The molecule has 1 aromatic heterocycles. The molecule has 0 aliphatic heterocycles. The summed E-state index contributed by atoms with van der Waals surface area (Å²) in [6, 6.07) is 12.4. The van der Waals surface area contributed by atoms with Crippen molar-refractivity contribution in [2.75, 3.05) is 5.32 Å². The number of nitrogens with zero attached hydrogens (tertiary/aromatic N) is 1. The summed E-state index contributed by atoms with van der Waals surface area (Å²) in [5.41, 5.74) is 2.69. The van der Waals surface area contributed by atoms with Crippen LogP contribution in [0.4, 0.5) is 5.69 Å². The number of hydrogen-bond acceptors (Lipinski definition) is 2. The number of halogens is 2. The molecule has 0 fully saturated rings. The molecular formula is C18H14Cl2N2O2. The summed E-state index contributed by atoms with van der Waals surface area (Å²) >= 11 is 11.9. The van der Waals surface area contributed by atoms with E-state index in [0.29, 0.717) is 21.3 Å². The largest absolute Gasteiger partial charge is 0.335 e. The number of aromatic nitrogens is 1. The van der Waals surface area contributed by atoms with E-state index >= 15 is 0 Å². The van der Waals surface area contributed by atoms with Crippen molar-refractivity contribution in [3.8, 4) is 0 Å². The molecule has 1 N–H and O–H groups in total. The molecular weight excluding hydrogens is 347 g/mol. The van der Waals surface area contributed by atoms with E-state index in [9.17, 15) is 9.59 Å². The highest BCUT2D eigenvalue weighted by molar-refractivity contribution is 6.36. The van der Waals surface area contributed by atoms with Crippen molar-refractivity contribution >= 4 is 52.0 Å². The quantitative estimate of drug-likeness (QED) is 0.685. The van der Waals surface area contributed by atoms with Crippen LogP contribution in [0.1, 0.15) is 16.1 Å². The van der Waals surface area contributed by atoms with Crippen LogP contribution in [0.5, 0.6) is 0 Å². The maximum absolute atomic E-state index is 12.4. The topological polar surface area (TPSA) is 51.1 Å². The lowest BCUT2D eigenvalue weighted by Gasteiger charge is -2.10. The van der Waals surface area contributed by atoms with E-state index in [2.05, 4.69) is 5.32 Å². The zero-order valence-electron chi connectivity index (χ0n) is 12.8. The number of fused-ring (bicyclic) bond motifs is 1. The Morgan fingerprint density at radius 1 is 1.21 bits per heavy atom. The monoisotopic (exact) mass is 360 g/mol. The van der Waals surface area contributed by atoms with Crippen LogP contribution < -0.4 is 5.32 Å². The van der Waals surface area contributed by atoms with Gasteiger partial charge in [-0.25, -0.2) is 0 Å². The van der Waals surface area contributed by atoms with Gasteiger partial charge in [0.05, 0.1) is 10.7 Å². The van der Waals surface area contributed by atoms with Crippen LogP contribution >= 0.6 is 23.2 Å². The second kappa shape index (κ2) is 6.67. The lowest BCUT2D eigenvalue weighted by atomic mass is 10.1. The molecule has 0 saturated carbocycles. The van der Waals surface area contributed by atoms with E-state index in [1.165, 1.54) is 0 Å². The minimum Gasteiger partial charge on any atom is -0.335 e. The van der Waals surface area contributed by atoms with Gasteiger partial charge in [0.1, 0.15) is 6.54 Å². The molecule has 0 radical (unpaired) electrons. The van der Waals surface area contributed by atoms with Gasteiger partial charge in [-0.2, -0.15) is 0 Å². The van der Waals surface area contributed by atoms with Crippen molar-refractivity contribution < 1.29 is 9.59 Å². The summed E-state index contributed by atoms with van der Waals surface area (Å²) in [6.45, 7) is 1.91. The Morgan fingerprint density at radius 3 is 2.67 bits per heavy atom. The third-order valence-electron chi connectivity index (χ3n) is 3.90. The first-order valence-electron chi connectivity index (χ1n) is 7.29. The standard InChI is InChI=1S/C18H14Cl2N2O2/c1-11-14(10-23)13-4-2-3-5-17(13)22(11)9-18(24)21-16-7-6-12(19)8-15(16)20/h2-8,10H,9H2,1H3,(H,21,24). The average Bonchev–Trinajstić information content (AvgIpc) is 2.82. The molecule has 0 unspecified atom stereocenters. The van der Waals surface area contributed by atoms with Gasteiger partial charge in [-0.3, -0.25) is 9.59 Å². The molecule has 122 valence electrons.